The molecule has 58 heavy (non-hydrogen) atoms. The molecule has 4 aliphatic heterocycles. The second-order valence-corrected chi connectivity index (χ2v) is 16.7. The van der Waals surface area contributed by atoms with Crippen molar-refractivity contribution in [2.24, 2.45) is 5.92 Å². The number of carbonyl (C=O) groups is 5. The summed E-state index contributed by atoms with van der Waals surface area (Å²) >= 11 is 0. The van der Waals surface area contributed by atoms with Gasteiger partial charge in [0.15, 0.2) is 0 Å². The third kappa shape index (κ3) is 6.99. The maximum Gasteiger partial charge on any atom is 0.262 e. The average Bonchev–Trinajstić information content (AvgIpc) is 3.93. The standard InChI is InChI=1S/C43H50N10O5/c1-26(48(2)3)36-20-29-22-44-43(47-38(29)52(36)31-6-4-5-7-31)45-30-10-8-28(9-11-30)40(56)51-24-27(25-51)23-49-16-18-50(19-17-49)32-12-13-33-34(21-32)42(58)53(41(33)57)35-14-15-37(54)46-39(35)55/h8-13,20-22,26-27,31,35H,4-7,14-19,23-25H2,1-3H3,(H,44,45,47)(H,46,54,55). The van der Waals surface area contributed by atoms with Crippen molar-refractivity contribution in [1.29, 1.82) is 0 Å². The monoisotopic (exact) mass is 786 g/mol. The minimum atomic E-state index is -0.980. The van der Waals surface area contributed by atoms with Gasteiger partial charge in [0.1, 0.15) is 11.7 Å². The van der Waals surface area contributed by atoms with E-state index >= 15 is 0 Å². The quantitative estimate of drug-likeness (QED) is 0.222. The molecule has 5 aliphatic rings. The summed E-state index contributed by atoms with van der Waals surface area (Å²) in [6.45, 7) is 7.76. The highest BCUT2D eigenvalue weighted by Gasteiger charge is 2.45. The van der Waals surface area contributed by atoms with Crippen molar-refractivity contribution in [2.75, 3.05) is 70.1 Å². The Morgan fingerprint density at radius 3 is 2.34 bits per heavy atom. The first-order chi connectivity index (χ1) is 28.0. The maximum absolute atomic E-state index is 13.4. The fraction of sp³-hybridized carbons (Fsp3) is 0.465. The van der Waals surface area contributed by atoms with Crippen molar-refractivity contribution in [3.05, 3.63) is 77.1 Å². The van der Waals surface area contributed by atoms with E-state index in [0.717, 1.165) is 60.0 Å². The number of nitrogens with zero attached hydrogens (tertiary/aromatic N) is 8. The van der Waals surface area contributed by atoms with Gasteiger partial charge in [0.25, 0.3) is 17.7 Å². The number of benzene rings is 2. The molecule has 4 fully saturated rings. The molecule has 2 aromatic heterocycles. The molecular formula is C43H50N10O5. The number of aromatic nitrogens is 3. The van der Waals surface area contributed by atoms with Crippen LogP contribution in [0.4, 0.5) is 17.3 Å². The zero-order chi connectivity index (χ0) is 40.2. The third-order valence-electron chi connectivity index (χ3n) is 12.8. The number of likely N-dealkylation sites (tertiary alicyclic amines) is 1. The molecule has 0 bridgehead atoms. The average molecular weight is 787 g/mol. The molecule has 2 atom stereocenters. The molecule has 1 aliphatic carbocycles. The molecule has 6 heterocycles. The lowest BCUT2D eigenvalue weighted by atomic mass is 9.97. The Kier molecular flexibility index (Phi) is 9.96. The van der Waals surface area contributed by atoms with Crippen LogP contribution in [0.1, 0.15) is 94.3 Å². The molecule has 5 amide bonds. The Morgan fingerprint density at radius 1 is 0.914 bits per heavy atom. The van der Waals surface area contributed by atoms with Crippen molar-refractivity contribution < 1.29 is 24.0 Å². The lowest BCUT2D eigenvalue weighted by Gasteiger charge is -2.44. The first-order valence-corrected chi connectivity index (χ1v) is 20.6. The molecule has 9 rings (SSSR count). The number of piperazine rings is 1. The number of amides is 5. The fourth-order valence-corrected chi connectivity index (χ4v) is 9.29. The van der Waals surface area contributed by atoms with Gasteiger partial charge in [-0.15, -0.1) is 0 Å². The van der Waals surface area contributed by atoms with Gasteiger partial charge in [0.05, 0.1) is 11.1 Å². The van der Waals surface area contributed by atoms with Crippen LogP contribution in [0.15, 0.2) is 54.7 Å². The lowest BCUT2D eigenvalue weighted by molar-refractivity contribution is -0.136. The molecule has 4 aromatic rings. The van der Waals surface area contributed by atoms with E-state index in [0.29, 0.717) is 42.1 Å². The van der Waals surface area contributed by atoms with Crippen LogP contribution >= 0.6 is 0 Å². The highest BCUT2D eigenvalue weighted by atomic mass is 16.2. The van der Waals surface area contributed by atoms with Gasteiger partial charge in [-0.25, -0.2) is 4.98 Å². The summed E-state index contributed by atoms with van der Waals surface area (Å²) in [5, 5.41) is 6.65. The number of piperidine rings is 1. The number of rotatable bonds is 10. The first kappa shape index (κ1) is 37.9. The number of anilines is 3. The number of hydrogen-bond acceptors (Lipinski definition) is 11. The van der Waals surface area contributed by atoms with E-state index in [1.807, 2.05) is 41.4 Å². The van der Waals surface area contributed by atoms with Crippen molar-refractivity contribution in [1.82, 2.24) is 39.5 Å². The Hall–Kier alpha value is -5.67. The first-order valence-electron chi connectivity index (χ1n) is 20.6. The van der Waals surface area contributed by atoms with Gasteiger partial charge in [-0.3, -0.25) is 39.1 Å². The second kappa shape index (κ2) is 15.3. The van der Waals surface area contributed by atoms with Gasteiger partial charge in [-0.2, -0.15) is 4.98 Å². The second-order valence-electron chi connectivity index (χ2n) is 16.7. The topological polar surface area (TPSA) is 156 Å². The normalized spacial score (nSPS) is 21.2. The molecule has 15 heteroatoms. The maximum atomic E-state index is 13.4. The summed E-state index contributed by atoms with van der Waals surface area (Å²) in [7, 11) is 4.22. The predicted molar refractivity (Wildman–Crippen MR) is 218 cm³/mol. The van der Waals surface area contributed by atoms with Crippen LogP contribution in [0.5, 0.6) is 0 Å². The molecule has 1 saturated carbocycles. The zero-order valence-electron chi connectivity index (χ0n) is 33.3. The number of fused-ring (bicyclic) bond motifs is 2. The van der Waals surface area contributed by atoms with Crippen LogP contribution in [-0.2, 0) is 9.59 Å². The van der Waals surface area contributed by atoms with Crippen LogP contribution in [-0.4, -0.2) is 130 Å². The number of carbonyl (C=O) groups excluding carboxylic acids is 5. The summed E-state index contributed by atoms with van der Waals surface area (Å²) in [4.78, 5) is 83.3. The van der Waals surface area contributed by atoms with Crippen molar-refractivity contribution in [3.63, 3.8) is 0 Å². The molecule has 0 radical (unpaired) electrons. The molecule has 15 nitrogen and oxygen atoms in total. The van der Waals surface area contributed by atoms with E-state index in [9.17, 15) is 24.0 Å². The largest absolute Gasteiger partial charge is 0.369 e. The molecular weight excluding hydrogens is 737 g/mol. The van der Waals surface area contributed by atoms with Crippen LogP contribution in [0.2, 0.25) is 0 Å². The highest BCUT2D eigenvalue weighted by molar-refractivity contribution is 6.23. The molecule has 2 unspecified atom stereocenters. The summed E-state index contributed by atoms with van der Waals surface area (Å²) in [5.41, 5.74) is 5.15. The number of nitrogens with one attached hydrogen (secondary N) is 2. The summed E-state index contributed by atoms with van der Waals surface area (Å²) in [6.07, 6.45) is 6.93. The molecule has 2 N–H and O–H groups in total. The molecule has 0 spiro atoms. The SMILES string of the molecule is CC(c1cc2cnc(Nc3ccc(C(=O)N4CC(CN5CCN(c6ccc7c(c6)C(=O)N(C6CCC(=O)NC6=O)C7=O)CC5)C4)cc3)nc2n1C1CCCC1)N(C)C. The number of imide groups is 2. The van der Waals surface area contributed by atoms with Gasteiger partial charge in [0.2, 0.25) is 17.8 Å². The van der Waals surface area contributed by atoms with E-state index < -0.39 is 29.7 Å². The molecule has 3 saturated heterocycles. The van der Waals surface area contributed by atoms with Crippen LogP contribution in [0, 0.1) is 5.92 Å². The van der Waals surface area contributed by atoms with Gasteiger partial charge in [0, 0.05) is 104 Å². The smallest absolute Gasteiger partial charge is 0.262 e. The van der Waals surface area contributed by atoms with Crippen LogP contribution < -0.4 is 15.5 Å². The molecule has 302 valence electrons. The minimum absolute atomic E-state index is 0.0306. The van der Waals surface area contributed by atoms with Gasteiger partial charge >= 0.3 is 0 Å². The van der Waals surface area contributed by atoms with E-state index in [1.54, 1.807) is 12.1 Å². The van der Waals surface area contributed by atoms with E-state index in [4.69, 9.17) is 4.98 Å². The number of hydrogen-bond donors (Lipinski definition) is 2. The Balaban J connectivity index is 0.760. The lowest BCUT2D eigenvalue weighted by Crippen LogP contribution is -2.56. The fourth-order valence-electron chi connectivity index (χ4n) is 9.29. The zero-order valence-corrected chi connectivity index (χ0v) is 33.3. The van der Waals surface area contributed by atoms with E-state index in [1.165, 1.54) is 31.4 Å². The van der Waals surface area contributed by atoms with Crippen LogP contribution in [0.25, 0.3) is 11.0 Å². The molecule has 2 aromatic carbocycles. The highest BCUT2D eigenvalue weighted by Crippen LogP contribution is 2.37. The summed E-state index contributed by atoms with van der Waals surface area (Å²) in [5.74, 6) is -1.04. The summed E-state index contributed by atoms with van der Waals surface area (Å²) < 4.78 is 2.44. The van der Waals surface area contributed by atoms with Crippen LogP contribution in [0.3, 0.4) is 0 Å². The third-order valence-corrected chi connectivity index (χ3v) is 12.8. The van der Waals surface area contributed by atoms with Crippen molar-refractivity contribution >= 4 is 57.9 Å². The van der Waals surface area contributed by atoms with Gasteiger partial charge in [-0.05, 0) is 88.8 Å². The van der Waals surface area contributed by atoms with Gasteiger partial charge < -0.3 is 24.6 Å². The minimum Gasteiger partial charge on any atom is -0.369 e. The Bertz CT molecular complexity index is 2290. The van der Waals surface area contributed by atoms with Gasteiger partial charge in [-0.1, -0.05) is 12.8 Å². The Morgan fingerprint density at radius 2 is 1.64 bits per heavy atom. The van der Waals surface area contributed by atoms with Crippen molar-refractivity contribution in [3.8, 4) is 0 Å². The summed E-state index contributed by atoms with van der Waals surface area (Å²) in [6, 6.07) is 14.8. The van der Waals surface area contributed by atoms with Crippen molar-refractivity contribution in [2.45, 2.75) is 63.6 Å². The van der Waals surface area contributed by atoms with E-state index in [-0.39, 0.29) is 30.4 Å². The van der Waals surface area contributed by atoms with E-state index in [2.05, 4.69) is 62.0 Å². The Labute approximate surface area is 337 Å². The predicted octanol–water partition coefficient (Wildman–Crippen LogP) is 4.21.